The zero-order chi connectivity index (χ0) is 12.4. The molecule has 1 atom stereocenters. The summed E-state index contributed by atoms with van der Waals surface area (Å²) < 4.78 is 10.3. The Kier molecular flexibility index (Phi) is 9.35. The summed E-state index contributed by atoms with van der Waals surface area (Å²) in [4.78, 5) is 0. The van der Waals surface area contributed by atoms with Crippen molar-refractivity contribution in [3.8, 4) is 0 Å². The first-order chi connectivity index (χ1) is 7.52. The highest BCUT2D eigenvalue weighted by Gasteiger charge is 2.15. The minimum absolute atomic E-state index is 0.205. The van der Waals surface area contributed by atoms with Crippen molar-refractivity contribution in [1.29, 1.82) is 0 Å². The van der Waals surface area contributed by atoms with Crippen LogP contribution in [0.25, 0.3) is 0 Å². The minimum Gasteiger partial charge on any atom is -0.389 e. The molecule has 0 fully saturated rings. The third-order valence-corrected chi connectivity index (χ3v) is 3.47. The fourth-order valence-corrected chi connectivity index (χ4v) is 1.28. The molecule has 2 N–H and O–H groups in total. The second-order valence-corrected chi connectivity index (χ2v) is 5.83. The van der Waals surface area contributed by atoms with Crippen LogP contribution in [-0.4, -0.2) is 62.2 Å². The fourth-order valence-electron chi connectivity index (χ4n) is 1.03. The number of rotatable bonds is 10. The first-order valence-corrected chi connectivity index (χ1v) is 6.75. The van der Waals surface area contributed by atoms with E-state index in [2.05, 4.69) is 25.4 Å². The van der Waals surface area contributed by atoms with Gasteiger partial charge in [-0.05, 0) is 20.1 Å². The molecule has 0 aromatic heterocycles. The van der Waals surface area contributed by atoms with E-state index in [4.69, 9.17) is 9.47 Å². The molecule has 0 aliphatic rings. The minimum atomic E-state index is -0.450. The molecule has 0 rings (SSSR count). The summed E-state index contributed by atoms with van der Waals surface area (Å²) in [6.07, 6.45) is 1.64. The fraction of sp³-hybridized carbons (Fsp3) is 1.00. The molecule has 4 nitrogen and oxygen atoms in total. The summed E-state index contributed by atoms with van der Waals surface area (Å²) in [5.74, 6) is 0. The average Bonchev–Trinajstić information content (AvgIpc) is 2.24. The topological polar surface area (TPSA) is 50.7 Å². The number of thioether (sulfide) groups is 1. The smallest absolute Gasteiger partial charge is 0.0897 e. The highest BCUT2D eigenvalue weighted by molar-refractivity contribution is 7.99. The lowest BCUT2D eigenvalue weighted by atomic mass is 10.2. The predicted molar refractivity (Wildman–Crippen MR) is 69.2 cm³/mol. The summed E-state index contributed by atoms with van der Waals surface area (Å²) in [7, 11) is 1.63. The Labute approximate surface area is 103 Å². The Bertz CT molecular complexity index is 167. The quantitative estimate of drug-likeness (QED) is 0.561. The average molecular weight is 251 g/mol. The van der Waals surface area contributed by atoms with Crippen molar-refractivity contribution in [2.24, 2.45) is 0 Å². The van der Waals surface area contributed by atoms with E-state index in [0.29, 0.717) is 26.4 Å². The lowest BCUT2D eigenvalue weighted by Crippen LogP contribution is -2.38. The number of nitrogens with one attached hydrogen (secondary N) is 1. The van der Waals surface area contributed by atoms with Crippen LogP contribution in [0.15, 0.2) is 0 Å². The molecule has 98 valence electrons. The van der Waals surface area contributed by atoms with Gasteiger partial charge in [-0.3, -0.25) is 0 Å². The molecule has 16 heavy (non-hydrogen) atoms. The van der Waals surface area contributed by atoms with Gasteiger partial charge in [0.05, 0.1) is 25.9 Å². The molecular weight excluding hydrogens is 226 g/mol. The molecule has 5 heteroatoms. The molecule has 0 aromatic rings. The molecule has 0 aliphatic carbocycles. The molecule has 0 spiro atoms. The highest BCUT2D eigenvalue weighted by Crippen LogP contribution is 2.19. The predicted octanol–water partition coefficient (Wildman–Crippen LogP) is 0.742. The molecule has 0 radical (unpaired) electrons. The van der Waals surface area contributed by atoms with Crippen LogP contribution in [0.1, 0.15) is 13.8 Å². The number of aliphatic hydroxyl groups excluding tert-OH is 1. The van der Waals surface area contributed by atoms with Crippen LogP contribution in [0.5, 0.6) is 0 Å². The van der Waals surface area contributed by atoms with Gasteiger partial charge in [0.25, 0.3) is 0 Å². The van der Waals surface area contributed by atoms with Crippen molar-refractivity contribution in [3.05, 3.63) is 0 Å². The van der Waals surface area contributed by atoms with E-state index in [9.17, 15) is 5.11 Å². The number of hydrogen-bond donors (Lipinski definition) is 2. The van der Waals surface area contributed by atoms with Crippen molar-refractivity contribution >= 4 is 11.8 Å². The summed E-state index contributed by atoms with van der Waals surface area (Å²) in [5.41, 5.74) is 0. The van der Waals surface area contributed by atoms with E-state index >= 15 is 0 Å². The van der Waals surface area contributed by atoms with Gasteiger partial charge in [0.15, 0.2) is 0 Å². The van der Waals surface area contributed by atoms with E-state index in [-0.39, 0.29) is 4.75 Å². The van der Waals surface area contributed by atoms with Gasteiger partial charge in [0.1, 0.15) is 0 Å². The Morgan fingerprint density at radius 3 is 2.62 bits per heavy atom. The molecule has 0 aromatic carbocycles. The van der Waals surface area contributed by atoms with Crippen LogP contribution in [-0.2, 0) is 9.47 Å². The Hall–Kier alpha value is 0.190. The largest absolute Gasteiger partial charge is 0.389 e. The first kappa shape index (κ1) is 16.2. The maximum Gasteiger partial charge on any atom is 0.0897 e. The zero-order valence-electron chi connectivity index (χ0n) is 10.8. The second kappa shape index (κ2) is 9.24. The monoisotopic (exact) mass is 251 g/mol. The van der Waals surface area contributed by atoms with Crippen molar-refractivity contribution in [2.75, 3.05) is 46.3 Å². The van der Waals surface area contributed by atoms with Crippen molar-refractivity contribution in [1.82, 2.24) is 5.32 Å². The second-order valence-electron chi connectivity index (χ2n) is 4.32. The summed E-state index contributed by atoms with van der Waals surface area (Å²) >= 11 is 1.81. The van der Waals surface area contributed by atoms with E-state index in [1.165, 1.54) is 0 Å². The number of ether oxygens (including phenoxy) is 2. The van der Waals surface area contributed by atoms with E-state index in [1.807, 2.05) is 11.8 Å². The number of hydrogen-bond acceptors (Lipinski definition) is 5. The standard InChI is InChI=1S/C11H25NO3S/c1-11(2,16-4)9-12-7-10(13)8-15-6-5-14-3/h10,12-13H,5-9H2,1-4H3. The van der Waals surface area contributed by atoms with E-state index in [0.717, 1.165) is 6.54 Å². The summed E-state index contributed by atoms with van der Waals surface area (Å²) in [6.45, 7) is 7.25. The van der Waals surface area contributed by atoms with Crippen molar-refractivity contribution in [3.63, 3.8) is 0 Å². The zero-order valence-corrected chi connectivity index (χ0v) is 11.6. The Morgan fingerprint density at radius 1 is 1.38 bits per heavy atom. The maximum atomic E-state index is 9.58. The van der Waals surface area contributed by atoms with Gasteiger partial charge >= 0.3 is 0 Å². The SMILES string of the molecule is COCCOCC(O)CNCC(C)(C)SC. The summed E-state index contributed by atoms with van der Waals surface area (Å²) in [5, 5.41) is 12.8. The normalized spacial score (nSPS) is 14.1. The third-order valence-electron chi connectivity index (χ3n) is 2.23. The van der Waals surface area contributed by atoms with Gasteiger partial charge in [-0.1, -0.05) is 0 Å². The van der Waals surface area contributed by atoms with Crippen molar-refractivity contribution in [2.45, 2.75) is 24.7 Å². The molecular formula is C11H25NO3S. The van der Waals surface area contributed by atoms with Crippen LogP contribution in [0.3, 0.4) is 0 Å². The highest BCUT2D eigenvalue weighted by atomic mass is 32.2. The van der Waals surface area contributed by atoms with Crippen LogP contribution < -0.4 is 5.32 Å². The molecule has 0 saturated carbocycles. The number of aliphatic hydroxyl groups is 1. The van der Waals surface area contributed by atoms with Gasteiger partial charge < -0.3 is 19.9 Å². The van der Waals surface area contributed by atoms with Crippen LogP contribution in [0.4, 0.5) is 0 Å². The molecule has 0 heterocycles. The van der Waals surface area contributed by atoms with Gasteiger partial charge in [0, 0.05) is 24.9 Å². The van der Waals surface area contributed by atoms with Gasteiger partial charge in [-0.2, -0.15) is 11.8 Å². The lowest BCUT2D eigenvalue weighted by molar-refractivity contribution is 0.0137. The Balaban J connectivity index is 3.40. The summed E-state index contributed by atoms with van der Waals surface area (Å²) in [6, 6.07) is 0. The first-order valence-electron chi connectivity index (χ1n) is 5.52. The molecule has 1 unspecified atom stereocenters. The maximum absolute atomic E-state index is 9.58. The Morgan fingerprint density at radius 2 is 2.06 bits per heavy atom. The number of methoxy groups -OCH3 is 1. The van der Waals surface area contributed by atoms with Gasteiger partial charge in [-0.15, -0.1) is 0 Å². The molecule has 0 saturated heterocycles. The van der Waals surface area contributed by atoms with Gasteiger partial charge in [-0.25, -0.2) is 0 Å². The van der Waals surface area contributed by atoms with E-state index < -0.39 is 6.10 Å². The van der Waals surface area contributed by atoms with Crippen LogP contribution >= 0.6 is 11.8 Å². The van der Waals surface area contributed by atoms with Crippen LogP contribution in [0.2, 0.25) is 0 Å². The molecule has 0 amide bonds. The third kappa shape index (κ3) is 9.42. The lowest BCUT2D eigenvalue weighted by Gasteiger charge is -2.23. The molecule has 0 aliphatic heterocycles. The van der Waals surface area contributed by atoms with E-state index in [1.54, 1.807) is 7.11 Å². The van der Waals surface area contributed by atoms with Crippen molar-refractivity contribution < 1.29 is 14.6 Å². The van der Waals surface area contributed by atoms with Gasteiger partial charge in [0.2, 0.25) is 0 Å². The molecule has 0 bridgehead atoms. The van der Waals surface area contributed by atoms with Crippen LogP contribution in [0, 0.1) is 0 Å².